The van der Waals surface area contributed by atoms with E-state index in [1.807, 2.05) is 18.7 Å². The minimum Gasteiger partial charge on any atom is -0.392 e. The van der Waals surface area contributed by atoms with Gasteiger partial charge in [-0.1, -0.05) is 6.92 Å². The molecule has 5 nitrogen and oxygen atoms in total. The average molecular weight is 258 g/mol. The molecule has 2 atom stereocenters. The van der Waals surface area contributed by atoms with Gasteiger partial charge in [-0.25, -0.2) is 0 Å². The molecule has 1 rings (SSSR count). The molecular formula is C13H26N2O3. The van der Waals surface area contributed by atoms with Gasteiger partial charge in [0, 0.05) is 39.3 Å². The molecule has 0 aromatic heterocycles. The van der Waals surface area contributed by atoms with Crippen molar-refractivity contribution >= 4 is 5.91 Å². The summed E-state index contributed by atoms with van der Waals surface area (Å²) in [5.41, 5.74) is 0. The zero-order chi connectivity index (χ0) is 13.5. The second-order valence-electron chi connectivity index (χ2n) is 4.83. The molecule has 1 aliphatic rings. The summed E-state index contributed by atoms with van der Waals surface area (Å²) < 4.78 is 5.45. The van der Waals surface area contributed by atoms with E-state index in [0.717, 1.165) is 32.6 Å². The molecule has 1 aliphatic heterocycles. The fraction of sp³-hybridized carbons (Fsp3) is 0.923. The molecule has 1 saturated heterocycles. The molecule has 5 heteroatoms. The number of β-amino-alcohol motifs (C(OH)–C–C–N with tert-alkyl or cyclic N) is 1. The van der Waals surface area contributed by atoms with E-state index in [0.29, 0.717) is 13.2 Å². The Labute approximate surface area is 110 Å². The maximum atomic E-state index is 12.2. The van der Waals surface area contributed by atoms with E-state index in [1.165, 1.54) is 0 Å². The van der Waals surface area contributed by atoms with E-state index in [9.17, 15) is 9.90 Å². The largest absolute Gasteiger partial charge is 0.392 e. The molecule has 0 aromatic carbocycles. The highest BCUT2D eigenvalue weighted by Crippen LogP contribution is 2.08. The summed E-state index contributed by atoms with van der Waals surface area (Å²) in [5, 5.41) is 9.33. The predicted molar refractivity (Wildman–Crippen MR) is 70.4 cm³/mol. The van der Waals surface area contributed by atoms with Gasteiger partial charge in [-0.2, -0.15) is 0 Å². The van der Waals surface area contributed by atoms with Crippen molar-refractivity contribution in [1.82, 2.24) is 9.80 Å². The molecule has 0 saturated carbocycles. The lowest BCUT2D eigenvalue weighted by atomic mass is 10.2. The summed E-state index contributed by atoms with van der Waals surface area (Å²) in [5.74, 6) is 0.107. The fourth-order valence-corrected chi connectivity index (χ4v) is 2.29. The SMILES string of the molecule is CCO[C@H](CC)C(=O)N1CCN(C[C@@H](C)O)CC1. The van der Waals surface area contributed by atoms with Crippen molar-refractivity contribution in [3.63, 3.8) is 0 Å². The van der Waals surface area contributed by atoms with Crippen molar-refractivity contribution in [3.8, 4) is 0 Å². The van der Waals surface area contributed by atoms with Gasteiger partial charge in [0.05, 0.1) is 6.10 Å². The van der Waals surface area contributed by atoms with Crippen molar-refractivity contribution in [1.29, 1.82) is 0 Å². The van der Waals surface area contributed by atoms with Gasteiger partial charge < -0.3 is 14.7 Å². The van der Waals surface area contributed by atoms with Crippen molar-refractivity contribution in [3.05, 3.63) is 0 Å². The first kappa shape index (κ1) is 15.4. The van der Waals surface area contributed by atoms with Gasteiger partial charge in [-0.05, 0) is 20.3 Å². The Hall–Kier alpha value is -0.650. The second-order valence-corrected chi connectivity index (χ2v) is 4.83. The molecule has 0 radical (unpaired) electrons. The first-order chi connectivity index (χ1) is 8.58. The van der Waals surface area contributed by atoms with E-state index in [4.69, 9.17) is 4.74 Å². The summed E-state index contributed by atoms with van der Waals surface area (Å²) >= 11 is 0. The highest BCUT2D eigenvalue weighted by molar-refractivity contribution is 5.81. The van der Waals surface area contributed by atoms with Crippen LogP contribution in [0.2, 0.25) is 0 Å². The van der Waals surface area contributed by atoms with E-state index >= 15 is 0 Å². The lowest BCUT2D eigenvalue weighted by Gasteiger charge is -2.36. The molecule has 0 aromatic rings. The molecule has 1 heterocycles. The Kier molecular flexibility index (Phi) is 6.60. The zero-order valence-electron chi connectivity index (χ0n) is 11.8. The Morgan fingerprint density at radius 3 is 2.33 bits per heavy atom. The Morgan fingerprint density at radius 1 is 1.28 bits per heavy atom. The van der Waals surface area contributed by atoms with Gasteiger partial charge >= 0.3 is 0 Å². The van der Waals surface area contributed by atoms with Crippen LogP contribution in [0.15, 0.2) is 0 Å². The number of nitrogens with zero attached hydrogens (tertiary/aromatic N) is 2. The number of hydrogen-bond acceptors (Lipinski definition) is 4. The topological polar surface area (TPSA) is 53.0 Å². The number of carbonyl (C=O) groups is 1. The summed E-state index contributed by atoms with van der Waals surface area (Å²) in [6, 6.07) is 0. The Morgan fingerprint density at radius 2 is 1.89 bits per heavy atom. The highest BCUT2D eigenvalue weighted by Gasteiger charge is 2.26. The van der Waals surface area contributed by atoms with Crippen LogP contribution < -0.4 is 0 Å². The van der Waals surface area contributed by atoms with Crippen LogP contribution in [-0.2, 0) is 9.53 Å². The van der Waals surface area contributed by atoms with E-state index in [1.54, 1.807) is 6.92 Å². The zero-order valence-corrected chi connectivity index (χ0v) is 11.8. The summed E-state index contributed by atoms with van der Waals surface area (Å²) in [6.45, 7) is 10.1. The molecular weight excluding hydrogens is 232 g/mol. The summed E-state index contributed by atoms with van der Waals surface area (Å²) in [4.78, 5) is 16.2. The van der Waals surface area contributed by atoms with E-state index < -0.39 is 0 Å². The summed E-state index contributed by atoms with van der Waals surface area (Å²) in [6.07, 6.45) is 0.123. The minimum absolute atomic E-state index is 0.107. The Balaban J connectivity index is 2.39. The van der Waals surface area contributed by atoms with Crippen LogP contribution in [0.25, 0.3) is 0 Å². The van der Waals surface area contributed by atoms with Crippen LogP contribution in [0, 0.1) is 0 Å². The minimum atomic E-state index is -0.306. The number of ether oxygens (including phenoxy) is 1. The number of amides is 1. The van der Waals surface area contributed by atoms with Crippen molar-refractivity contribution < 1.29 is 14.6 Å². The van der Waals surface area contributed by atoms with Crippen LogP contribution >= 0.6 is 0 Å². The molecule has 1 fully saturated rings. The van der Waals surface area contributed by atoms with E-state index in [2.05, 4.69) is 4.90 Å². The standard InChI is InChI=1S/C13H26N2O3/c1-4-12(18-5-2)13(17)15-8-6-14(7-9-15)10-11(3)16/h11-12,16H,4-10H2,1-3H3/t11-,12-/m1/s1. The van der Waals surface area contributed by atoms with Crippen LogP contribution in [0.5, 0.6) is 0 Å². The van der Waals surface area contributed by atoms with Crippen LogP contribution in [0.1, 0.15) is 27.2 Å². The molecule has 1 amide bonds. The fourth-order valence-electron chi connectivity index (χ4n) is 2.29. The number of aliphatic hydroxyl groups excluding tert-OH is 1. The van der Waals surface area contributed by atoms with Gasteiger partial charge in [0.15, 0.2) is 0 Å². The van der Waals surface area contributed by atoms with Gasteiger partial charge in [0.2, 0.25) is 0 Å². The lowest BCUT2D eigenvalue weighted by Crippen LogP contribution is -2.52. The maximum absolute atomic E-state index is 12.2. The normalized spacial score (nSPS) is 20.8. The first-order valence-corrected chi connectivity index (χ1v) is 6.89. The molecule has 106 valence electrons. The predicted octanol–water partition coefficient (Wildman–Crippen LogP) is 0.327. The molecule has 0 bridgehead atoms. The van der Waals surface area contributed by atoms with Gasteiger partial charge in [-0.15, -0.1) is 0 Å². The number of hydrogen-bond donors (Lipinski definition) is 1. The van der Waals surface area contributed by atoms with Gasteiger partial charge in [-0.3, -0.25) is 9.69 Å². The third-order valence-electron chi connectivity index (χ3n) is 3.22. The highest BCUT2D eigenvalue weighted by atomic mass is 16.5. The third-order valence-corrected chi connectivity index (χ3v) is 3.22. The van der Waals surface area contributed by atoms with Gasteiger partial charge in [0.1, 0.15) is 6.10 Å². The van der Waals surface area contributed by atoms with Crippen molar-refractivity contribution in [2.45, 2.75) is 39.4 Å². The number of carbonyl (C=O) groups excluding carboxylic acids is 1. The quantitative estimate of drug-likeness (QED) is 0.746. The number of aliphatic hydroxyl groups is 1. The Bertz CT molecular complexity index is 251. The molecule has 18 heavy (non-hydrogen) atoms. The number of rotatable bonds is 6. The summed E-state index contributed by atoms with van der Waals surface area (Å²) in [7, 11) is 0. The molecule has 1 N–H and O–H groups in total. The third kappa shape index (κ3) is 4.55. The lowest BCUT2D eigenvalue weighted by molar-refractivity contribution is -0.145. The smallest absolute Gasteiger partial charge is 0.251 e. The van der Waals surface area contributed by atoms with E-state index in [-0.39, 0.29) is 18.1 Å². The van der Waals surface area contributed by atoms with Crippen LogP contribution in [0.4, 0.5) is 0 Å². The van der Waals surface area contributed by atoms with Crippen molar-refractivity contribution in [2.24, 2.45) is 0 Å². The molecule has 0 spiro atoms. The van der Waals surface area contributed by atoms with Crippen LogP contribution in [-0.4, -0.2) is 72.4 Å². The monoisotopic (exact) mass is 258 g/mol. The molecule has 0 unspecified atom stereocenters. The first-order valence-electron chi connectivity index (χ1n) is 6.89. The molecule has 0 aliphatic carbocycles. The average Bonchev–Trinajstić information content (AvgIpc) is 2.35. The van der Waals surface area contributed by atoms with Crippen molar-refractivity contribution in [2.75, 3.05) is 39.3 Å². The van der Waals surface area contributed by atoms with Gasteiger partial charge in [0.25, 0.3) is 5.91 Å². The number of piperazine rings is 1. The maximum Gasteiger partial charge on any atom is 0.251 e. The van der Waals surface area contributed by atoms with Crippen LogP contribution in [0.3, 0.4) is 0 Å². The second kappa shape index (κ2) is 7.71.